The first kappa shape index (κ1) is 17.4. The molecule has 0 unspecified atom stereocenters. The van der Waals surface area contributed by atoms with Gasteiger partial charge in [-0.1, -0.05) is 12.1 Å². The summed E-state index contributed by atoms with van der Waals surface area (Å²) in [7, 11) is 1.59. The third-order valence-electron chi connectivity index (χ3n) is 4.04. The van der Waals surface area contributed by atoms with Crippen LogP contribution >= 0.6 is 0 Å². The third-order valence-corrected chi connectivity index (χ3v) is 4.04. The van der Waals surface area contributed by atoms with E-state index in [2.05, 4.69) is 4.98 Å². The lowest BCUT2D eigenvalue weighted by molar-refractivity contribution is 0.0721. The normalized spacial score (nSPS) is 13.5. The summed E-state index contributed by atoms with van der Waals surface area (Å²) in [6.07, 6.45) is 3.56. The largest absolute Gasteiger partial charge is 0.475 e. The molecule has 1 aromatic heterocycles. The Morgan fingerprint density at radius 2 is 2.00 bits per heavy atom. The minimum atomic E-state index is -0.283. The average molecular weight is 344 g/mol. The number of rotatable bonds is 8. The van der Waals surface area contributed by atoms with E-state index >= 15 is 0 Å². The van der Waals surface area contributed by atoms with Gasteiger partial charge in [-0.05, 0) is 42.7 Å². The van der Waals surface area contributed by atoms with Gasteiger partial charge in [-0.15, -0.1) is 0 Å². The second kappa shape index (κ2) is 8.07. The van der Waals surface area contributed by atoms with E-state index in [1.54, 1.807) is 37.6 Å². The number of pyridine rings is 1. The van der Waals surface area contributed by atoms with Crippen LogP contribution in [-0.4, -0.2) is 42.2 Å². The molecule has 1 saturated carbocycles. The van der Waals surface area contributed by atoms with Gasteiger partial charge < -0.3 is 14.4 Å². The van der Waals surface area contributed by atoms with Crippen molar-refractivity contribution in [2.75, 3.05) is 20.3 Å². The molecule has 2 aromatic rings. The van der Waals surface area contributed by atoms with Gasteiger partial charge in [-0.25, -0.2) is 9.37 Å². The smallest absolute Gasteiger partial charge is 0.259 e. The number of hydrogen-bond acceptors (Lipinski definition) is 4. The molecule has 1 amide bonds. The molecule has 0 radical (unpaired) electrons. The standard InChI is InChI=1S/C19H21FN2O3/c1-24-11-12-25-18-17(3-2-10-21-18)19(23)22(16-8-9-16)13-14-4-6-15(20)7-5-14/h2-7,10,16H,8-9,11-13H2,1H3. The monoisotopic (exact) mass is 344 g/mol. The molecule has 0 saturated heterocycles. The summed E-state index contributed by atoms with van der Waals surface area (Å²) >= 11 is 0. The Balaban J connectivity index is 1.78. The first-order valence-corrected chi connectivity index (χ1v) is 8.31. The zero-order chi connectivity index (χ0) is 17.6. The van der Waals surface area contributed by atoms with Gasteiger partial charge >= 0.3 is 0 Å². The number of carbonyl (C=O) groups is 1. The molecule has 5 nitrogen and oxygen atoms in total. The molecule has 132 valence electrons. The Morgan fingerprint density at radius 1 is 1.24 bits per heavy atom. The highest BCUT2D eigenvalue weighted by Crippen LogP contribution is 2.31. The minimum Gasteiger partial charge on any atom is -0.475 e. The molecule has 0 aliphatic heterocycles. The van der Waals surface area contributed by atoms with Crippen molar-refractivity contribution in [1.29, 1.82) is 0 Å². The number of aromatic nitrogens is 1. The summed E-state index contributed by atoms with van der Waals surface area (Å²) in [6.45, 7) is 1.19. The van der Waals surface area contributed by atoms with Crippen LogP contribution in [0.4, 0.5) is 4.39 Å². The number of ether oxygens (including phenoxy) is 2. The van der Waals surface area contributed by atoms with Gasteiger partial charge in [0.25, 0.3) is 5.91 Å². The average Bonchev–Trinajstić information content (AvgIpc) is 3.46. The summed E-state index contributed by atoms with van der Waals surface area (Å²) in [4.78, 5) is 19.0. The number of nitrogens with zero attached hydrogens (tertiary/aromatic N) is 2. The molecule has 0 bridgehead atoms. The lowest BCUT2D eigenvalue weighted by Gasteiger charge is -2.23. The van der Waals surface area contributed by atoms with Crippen LogP contribution in [0.3, 0.4) is 0 Å². The molecule has 1 aromatic carbocycles. The van der Waals surface area contributed by atoms with Crippen molar-refractivity contribution in [1.82, 2.24) is 9.88 Å². The first-order valence-electron chi connectivity index (χ1n) is 8.31. The molecule has 1 aliphatic carbocycles. The van der Waals surface area contributed by atoms with Gasteiger partial charge in [0, 0.05) is 25.9 Å². The summed E-state index contributed by atoms with van der Waals surface area (Å²) in [5, 5.41) is 0. The van der Waals surface area contributed by atoms with Crippen LogP contribution in [0.5, 0.6) is 5.88 Å². The van der Waals surface area contributed by atoms with Crippen LogP contribution in [0, 0.1) is 5.82 Å². The molecule has 1 fully saturated rings. The van der Waals surface area contributed by atoms with E-state index in [1.807, 2.05) is 4.90 Å². The van der Waals surface area contributed by atoms with Crippen molar-refractivity contribution in [2.45, 2.75) is 25.4 Å². The van der Waals surface area contributed by atoms with Crippen LogP contribution in [0.25, 0.3) is 0 Å². The van der Waals surface area contributed by atoms with Gasteiger partial charge in [0.05, 0.1) is 6.61 Å². The number of carbonyl (C=O) groups excluding carboxylic acids is 1. The molecule has 6 heteroatoms. The van der Waals surface area contributed by atoms with E-state index in [4.69, 9.17) is 9.47 Å². The highest BCUT2D eigenvalue weighted by molar-refractivity contribution is 5.96. The Labute approximate surface area is 146 Å². The van der Waals surface area contributed by atoms with E-state index in [0.717, 1.165) is 18.4 Å². The predicted octanol–water partition coefficient (Wildman–Crippen LogP) is 3.05. The summed E-state index contributed by atoms with van der Waals surface area (Å²) in [5.74, 6) is -0.0872. The SMILES string of the molecule is COCCOc1ncccc1C(=O)N(Cc1ccc(F)cc1)C1CC1. The van der Waals surface area contributed by atoms with Crippen molar-refractivity contribution in [3.05, 3.63) is 59.5 Å². The lowest BCUT2D eigenvalue weighted by atomic mass is 10.1. The van der Waals surface area contributed by atoms with Gasteiger partial charge in [-0.2, -0.15) is 0 Å². The van der Waals surface area contributed by atoms with Crippen molar-refractivity contribution >= 4 is 5.91 Å². The Bertz CT molecular complexity index is 717. The minimum absolute atomic E-state index is 0.118. The van der Waals surface area contributed by atoms with Crippen LogP contribution in [0.2, 0.25) is 0 Å². The maximum atomic E-state index is 13.1. The van der Waals surface area contributed by atoms with Gasteiger partial charge in [0.1, 0.15) is 18.0 Å². The summed E-state index contributed by atoms with van der Waals surface area (Å²) < 4.78 is 23.7. The van der Waals surface area contributed by atoms with E-state index in [1.165, 1.54) is 12.1 Å². The molecule has 1 heterocycles. The Kier molecular flexibility index (Phi) is 5.60. The number of amides is 1. The van der Waals surface area contributed by atoms with Crippen LogP contribution < -0.4 is 4.74 Å². The lowest BCUT2D eigenvalue weighted by Crippen LogP contribution is -2.33. The van der Waals surface area contributed by atoms with Crippen molar-refractivity contribution in [3.63, 3.8) is 0 Å². The highest BCUT2D eigenvalue weighted by Gasteiger charge is 2.34. The van der Waals surface area contributed by atoms with Crippen molar-refractivity contribution in [3.8, 4) is 5.88 Å². The van der Waals surface area contributed by atoms with E-state index in [0.29, 0.717) is 31.2 Å². The highest BCUT2D eigenvalue weighted by atomic mass is 19.1. The Hall–Kier alpha value is -2.47. The molecule has 0 spiro atoms. The molecule has 0 N–H and O–H groups in total. The van der Waals surface area contributed by atoms with Crippen LogP contribution in [-0.2, 0) is 11.3 Å². The van der Waals surface area contributed by atoms with Gasteiger partial charge in [0.2, 0.25) is 5.88 Å². The maximum Gasteiger partial charge on any atom is 0.259 e. The fraction of sp³-hybridized carbons (Fsp3) is 0.368. The molecular formula is C19H21FN2O3. The molecule has 0 atom stereocenters. The fourth-order valence-corrected chi connectivity index (χ4v) is 2.58. The first-order chi connectivity index (χ1) is 12.2. The number of hydrogen-bond donors (Lipinski definition) is 0. The number of methoxy groups -OCH3 is 1. The number of benzene rings is 1. The van der Waals surface area contributed by atoms with Crippen molar-refractivity contribution < 1.29 is 18.7 Å². The predicted molar refractivity (Wildman–Crippen MR) is 90.9 cm³/mol. The number of halogens is 1. The third kappa shape index (κ3) is 4.54. The maximum absolute atomic E-state index is 13.1. The van der Waals surface area contributed by atoms with E-state index in [-0.39, 0.29) is 17.8 Å². The molecule has 25 heavy (non-hydrogen) atoms. The topological polar surface area (TPSA) is 51.7 Å². The van der Waals surface area contributed by atoms with E-state index < -0.39 is 0 Å². The second-order valence-electron chi connectivity index (χ2n) is 5.99. The van der Waals surface area contributed by atoms with Crippen molar-refractivity contribution in [2.24, 2.45) is 0 Å². The Morgan fingerprint density at radius 3 is 2.68 bits per heavy atom. The fourth-order valence-electron chi connectivity index (χ4n) is 2.58. The van der Waals surface area contributed by atoms with Gasteiger partial charge in [0.15, 0.2) is 0 Å². The quantitative estimate of drug-likeness (QED) is 0.691. The van der Waals surface area contributed by atoms with Gasteiger partial charge in [-0.3, -0.25) is 4.79 Å². The van der Waals surface area contributed by atoms with E-state index in [9.17, 15) is 9.18 Å². The second-order valence-corrected chi connectivity index (χ2v) is 5.99. The molecule has 1 aliphatic rings. The zero-order valence-electron chi connectivity index (χ0n) is 14.2. The molecule has 3 rings (SSSR count). The van der Waals surface area contributed by atoms with Crippen LogP contribution in [0.1, 0.15) is 28.8 Å². The summed E-state index contributed by atoms with van der Waals surface area (Å²) in [6, 6.07) is 9.89. The zero-order valence-corrected chi connectivity index (χ0v) is 14.2. The van der Waals surface area contributed by atoms with Crippen LogP contribution in [0.15, 0.2) is 42.6 Å². The molecular weight excluding hydrogens is 323 g/mol. The summed E-state index contributed by atoms with van der Waals surface area (Å²) in [5.41, 5.74) is 1.33.